The molecular weight excluding hydrogens is 232 g/mol. The summed E-state index contributed by atoms with van der Waals surface area (Å²) in [5, 5.41) is 19.7. The van der Waals surface area contributed by atoms with Gasteiger partial charge in [-0.3, -0.25) is 0 Å². The maximum Gasteiger partial charge on any atom is 0.335 e. The molecule has 1 heterocycles. The molecule has 0 aliphatic rings. The number of carbonyl (C=O) groups is 1. The molecule has 0 unspecified atom stereocenters. The van der Waals surface area contributed by atoms with Crippen molar-refractivity contribution < 1.29 is 9.90 Å². The first-order chi connectivity index (χ1) is 8.66. The molecule has 0 aliphatic heterocycles. The van der Waals surface area contributed by atoms with Crippen LogP contribution in [-0.4, -0.2) is 25.8 Å². The van der Waals surface area contributed by atoms with Crippen LogP contribution in [-0.2, 0) is 20.1 Å². The number of nitrogens with one attached hydrogen (secondary N) is 1. The van der Waals surface area contributed by atoms with E-state index in [0.717, 1.165) is 11.4 Å². The van der Waals surface area contributed by atoms with Crippen molar-refractivity contribution >= 4 is 5.97 Å². The molecule has 18 heavy (non-hydrogen) atoms. The van der Waals surface area contributed by atoms with Crippen LogP contribution in [0.25, 0.3) is 0 Å². The number of benzene rings is 1. The summed E-state index contributed by atoms with van der Waals surface area (Å²) < 4.78 is 1.85. The van der Waals surface area contributed by atoms with Crippen molar-refractivity contribution in [3.8, 4) is 0 Å². The van der Waals surface area contributed by atoms with Gasteiger partial charge in [-0.05, 0) is 17.7 Å². The fraction of sp³-hybridized carbons (Fsp3) is 0.250. The third-order valence-corrected chi connectivity index (χ3v) is 2.62. The van der Waals surface area contributed by atoms with Crippen LogP contribution in [0.4, 0.5) is 0 Å². The molecule has 94 valence electrons. The van der Waals surface area contributed by atoms with E-state index in [4.69, 9.17) is 5.11 Å². The molecule has 0 amide bonds. The summed E-state index contributed by atoms with van der Waals surface area (Å²) in [6.07, 6.45) is 1.65. The minimum atomic E-state index is -0.909. The number of carboxylic acid groups (broad SMARTS) is 1. The van der Waals surface area contributed by atoms with Crippen molar-refractivity contribution in [1.29, 1.82) is 0 Å². The second-order valence-corrected chi connectivity index (χ2v) is 3.96. The fourth-order valence-corrected chi connectivity index (χ4v) is 1.55. The molecule has 0 fully saturated rings. The summed E-state index contributed by atoms with van der Waals surface area (Å²) in [5.41, 5.74) is 1.33. The molecule has 2 aromatic rings. The molecule has 1 aromatic heterocycles. The Morgan fingerprint density at radius 3 is 2.61 bits per heavy atom. The van der Waals surface area contributed by atoms with E-state index < -0.39 is 5.97 Å². The average Bonchev–Trinajstić information content (AvgIpc) is 2.76. The lowest BCUT2D eigenvalue weighted by Crippen LogP contribution is -2.15. The molecule has 1 aromatic carbocycles. The first-order valence-corrected chi connectivity index (χ1v) is 5.52. The van der Waals surface area contributed by atoms with E-state index >= 15 is 0 Å². The van der Waals surface area contributed by atoms with Crippen molar-refractivity contribution in [2.24, 2.45) is 7.05 Å². The lowest BCUT2D eigenvalue weighted by atomic mass is 10.1. The number of carboxylic acids is 1. The second kappa shape index (κ2) is 5.42. The molecule has 6 nitrogen and oxygen atoms in total. The molecule has 0 saturated carbocycles. The van der Waals surface area contributed by atoms with Crippen LogP contribution < -0.4 is 5.32 Å². The number of hydrogen-bond donors (Lipinski definition) is 2. The maximum atomic E-state index is 10.7. The molecular formula is C12H14N4O2. The summed E-state index contributed by atoms with van der Waals surface area (Å²) in [6.45, 7) is 1.28. The number of rotatable bonds is 5. The van der Waals surface area contributed by atoms with Gasteiger partial charge in [0.25, 0.3) is 0 Å². The molecule has 0 radical (unpaired) electrons. The number of nitrogens with zero attached hydrogens (tertiary/aromatic N) is 3. The normalized spacial score (nSPS) is 10.5. The van der Waals surface area contributed by atoms with Crippen molar-refractivity contribution in [3.05, 3.63) is 47.5 Å². The number of aromatic carboxylic acids is 1. The Hall–Kier alpha value is -2.21. The largest absolute Gasteiger partial charge is 0.478 e. The molecule has 6 heteroatoms. The third-order valence-electron chi connectivity index (χ3n) is 2.62. The van der Waals surface area contributed by atoms with E-state index in [1.165, 1.54) is 0 Å². The van der Waals surface area contributed by atoms with Crippen LogP contribution in [0.5, 0.6) is 0 Å². The summed E-state index contributed by atoms with van der Waals surface area (Å²) in [5.74, 6) is -0.0502. The van der Waals surface area contributed by atoms with E-state index in [-0.39, 0.29) is 0 Å². The zero-order valence-electron chi connectivity index (χ0n) is 10.00. The maximum absolute atomic E-state index is 10.7. The van der Waals surface area contributed by atoms with E-state index in [9.17, 15) is 4.79 Å². The zero-order chi connectivity index (χ0) is 13.0. The highest BCUT2D eigenvalue weighted by Gasteiger charge is 2.02. The average molecular weight is 246 g/mol. The van der Waals surface area contributed by atoms with E-state index in [1.807, 2.05) is 11.6 Å². The van der Waals surface area contributed by atoms with Crippen molar-refractivity contribution in [1.82, 2.24) is 20.1 Å². The Morgan fingerprint density at radius 2 is 2.06 bits per heavy atom. The van der Waals surface area contributed by atoms with Gasteiger partial charge in [0, 0.05) is 13.6 Å². The predicted molar refractivity (Wildman–Crippen MR) is 64.9 cm³/mol. The lowest BCUT2D eigenvalue weighted by molar-refractivity contribution is 0.0697. The van der Waals surface area contributed by atoms with Crippen molar-refractivity contribution in [2.45, 2.75) is 13.1 Å². The molecule has 0 aliphatic carbocycles. The summed E-state index contributed by atoms with van der Waals surface area (Å²) in [6, 6.07) is 6.80. The summed E-state index contributed by atoms with van der Waals surface area (Å²) in [4.78, 5) is 10.7. The SMILES string of the molecule is Cn1cnnc1CNCc1ccc(C(=O)O)cc1. The van der Waals surface area contributed by atoms with Gasteiger partial charge < -0.3 is 15.0 Å². The highest BCUT2D eigenvalue weighted by atomic mass is 16.4. The van der Waals surface area contributed by atoms with Crippen LogP contribution in [0.1, 0.15) is 21.7 Å². The predicted octanol–water partition coefficient (Wildman–Crippen LogP) is 0.803. The highest BCUT2D eigenvalue weighted by Crippen LogP contribution is 2.04. The second-order valence-electron chi connectivity index (χ2n) is 3.96. The lowest BCUT2D eigenvalue weighted by Gasteiger charge is -2.04. The van der Waals surface area contributed by atoms with E-state index in [1.54, 1.807) is 30.6 Å². The zero-order valence-corrected chi connectivity index (χ0v) is 10.00. The van der Waals surface area contributed by atoms with Crippen LogP contribution >= 0.6 is 0 Å². The first-order valence-electron chi connectivity index (χ1n) is 5.52. The highest BCUT2D eigenvalue weighted by molar-refractivity contribution is 5.87. The van der Waals surface area contributed by atoms with E-state index in [2.05, 4.69) is 15.5 Å². The Kier molecular flexibility index (Phi) is 3.69. The van der Waals surface area contributed by atoms with Gasteiger partial charge in [0.1, 0.15) is 12.2 Å². The van der Waals surface area contributed by atoms with Gasteiger partial charge in [0.15, 0.2) is 0 Å². The van der Waals surface area contributed by atoms with Crippen LogP contribution in [0, 0.1) is 0 Å². The van der Waals surface area contributed by atoms with Gasteiger partial charge in [-0.15, -0.1) is 10.2 Å². The minimum Gasteiger partial charge on any atom is -0.478 e. The minimum absolute atomic E-state index is 0.298. The van der Waals surface area contributed by atoms with Gasteiger partial charge in [-0.1, -0.05) is 12.1 Å². The first kappa shape index (κ1) is 12.3. The number of aryl methyl sites for hydroxylation is 1. The fourth-order valence-electron chi connectivity index (χ4n) is 1.55. The van der Waals surface area contributed by atoms with Gasteiger partial charge in [-0.2, -0.15) is 0 Å². The van der Waals surface area contributed by atoms with Crippen LogP contribution in [0.15, 0.2) is 30.6 Å². The van der Waals surface area contributed by atoms with Gasteiger partial charge >= 0.3 is 5.97 Å². The van der Waals surface area contributed by atoms with Gasteiger partial charge in [-0.25, -0.2) is 4.79 Å². The van der Waals surface area contributed by atoms with Gasteiger partial charge in [0.2, 0.25) is 0 Å². The molecule has 2 N–H and O–H groups in total. The standard InChI is InChI=1S/C12H14N4O2/c1-16-8-14-15-11(16)7-13-6-9-2-4-10(5-3-9)12(17)18/h2-5,8,13H,6-7H2,1H3,(H,17,18). The van der Waals surface area contributed by atoms with Crippen molar-refractivity contribution in [2.75, 3.05) is 0 Å². The summed E-state index contributed by atoms with van der Waals surface area (Å²) in [7, 11) is 1.89. The molecule has 0 bridgehead atoms. The Morgan fingerprint density at radius 1 is 1.33 bits per heavy atom. The Bertz CT molecular complexity index is 533. The third kappa shape index (κ3) is 2.92. The van der Waals surface area contributed by atoms with E-state index in [0.29, 0.717) is 18.7 Å². The van der Waals surface area contributed by atoms with Gasteiger partial charge in [0.05, 0.1) is 12.1 Å². The Labute approximate surface area is 104 Å². The number of hydrogen-bond acceptors (Lipinski definition) is 4. The van der Waals surface area contributed by atoms with Crippen LogP contribution in [0.2, 0.25) is 0 Å². The molecule has 0 saturated heterocycles. The quantitative estimate of drug-likeness (QED) is 0.815. The Balaban J connectivity index is 1.87. The van der Waals surface area contributed by atoms with Crippen molar-refractivity contribution in [3.63, 3.8) is 0 Å². The molecule has 2 rings (SSSR count). The monoisotopic (exact) mass is 246 g/mol. The smallest absolute Gasteiger partial charge is 0.335 e. The summed E-state index contributed by atoms with van der Waals surface area (Å²) >= 11 is 0. The molecule has 0 spiro atoms. The number of aromatic nitrogens is 3. The van der Waals surface area contributed by atoms with Crippen LogP contribution in [0.3, 0.4) is 0 Å². The molecule has 0 atom stereocenters. The topological polar surface area (TPSA) is 80.0 Å².